The van der Waals surface area contributed by atoms with E-state index >= 15 is 0 Å². The Morgan fingerprint density at radius 1 is 0.786 bits per heavy atom. The predicted molar refractivity (Wildman–Crippen MR) is 102 cm³/mol. The number of hydrogen-bond donors (Lipinski definition) is 2. The standard InChI is InChI=1S/C18H20N8O2/c1-9-6-10(2)20-17(19-9)23-15(27)13-8-26(5)25-14(13)16(28)24-18-21-11(3)7-12(4)22-18/h6-8H,1-5H3,(H,19,20,23,27)(H,21,22,24,28). The lowest BCUT2D eigenvalue weighted by Crippen LogP contribution is -2.21. The van der Waals surface area contributed by atoms with Crippen LogP contribution in [-0.4, -0.2) is 41.5 Å². The topological polar surface area (TPSA) is 128 Å². The van der Waals surface area contributed by atoms with Crippen LogP contribution in [-0.2, 0) is 7.05 Å². The molecule has 144 valence electrons. The number of aromatic nitrogens is 6. The largest absolute Gasteiger partial charge is 0.290 e. The molecular formula is C18H20N8O2. The molecule has 3 heterocycles. The van der Waals surface area contributed by atoms with Crippen molar-refractivity contribution in [1.82, 2.24) is 29.7 Å². The molecule has 0 aliphatic carbocycles. The van der Waals surface area contributed by atoms with Crippen LogP contribution in [0.2, 0.25) is 0 Å². The molecule has 0 radical (unpaired) electrons. The minimum Gasteiger partial charge on any atom is -0.290 e. The van der Waals surface area contributed by atoms with Crippen molar-refractivity contribution in [3.8, 4) is 0 Å². The van der Waals surface area contributed by atoms with E-state index in [9.17, 15) is 9.59 Å². The number of hydrogen-bond acceptors (Lipinski definition) is 7. The number of rotatable bonds is 4. The molecule has 28 heavy (non-hydrogen) atoms. The van der Waals surface area contributed by atoms with Crippen molar-refractivity contribution in [1.29, 1.82) is 0 Å². The van der Waals surface area contributed by atoms with Gasteiger partial charge in [0.05, 0.1) is 5.56 Å². The lowest BCUT2D eigenvalue weighted by atomic mass is 10.2. The Balaban J connectivity index is 1.85. The summed E-state index contributed by atoms with van der Waals surface area (Å²) in [6.45, 7) is 7.20. The quantitative estimate of drug-likeness (QED) is 0.705. The summed E-state index contributed by atoms with van der Waals surface area (Å²) in [6.07, 6.45) is 1.45. The molecular weight excluding hydrogens is 360 g/mol. The first-order valence-corrected chi connectivity index (χ1v) is 8.52. The number of amides is 2. The van der Waals surface area contributed by atoms with Gasteiger partial charge in [0.25, 0.3) is 11.8 Å². The molecule has 3 aromatic heterocycles. The maximum Gasteiger partial charge on any atom is 0.279 e. The van der Waals surface area contributed by atoms with Gasteiger partial charge in [0.1, 0.15) is 0 Å². The first kappa shape index (κ1) is 19.1. The third kappa shape index (κ3) is 4.34. The van der Waals surface area contributed by atoms with Gasteiger partial charge in [-0.2, -0.15) is 5.10 Å². The van der Waals surface area contributed by atoms with Crippen LogP contribution in [0.15, 0.2) is 18.3 Å². The fourth-order valence-corrected chi connectivity index (χ4v) is 2.72. The predicted octanol–water partition coefficient (Wildman–Crippen LogP) is 1.74. The Labute approximate surface area is 161 Å². The van der Waals surface area contributed by atoms with E-state index in [4.69, 9.17) is 0 Å². The van der Waals surface area contributed by atoms with Crippen LogP contribution in [0.3, 0.4) is 0 Å². The van der Waals surface area contributed by atoms with Crippen LogP contribution in [0.25, 0.3) is 0 Å². The van der Waals surface area contributed by atoms with E-state index in [0.29, 0.717) is 11.4 Å². The Bertz CT molecular complexity index is 950. The molecule has 0 saturated heterocycles. The van der Waals surface area contributed by atoms with Crippen molar-refractivity contribution >= 4 is 23.7 Å². The molecule has 2 N–H and O–H groups in total. The summed E-state index contributed by atoms with van der Waals surface area (Å²) in [7, 11) is 1.62. The second-order valence-electron chi connectivity index (χ2n) is 6.42. The van der Waals surface area contributed by atoms with Crippen LogP contribution in [0.5, 0.6) is 0 Å². The fourth-order valence-electron chi connectivity index (χ4n) is 2.72. The molecule has 0 aromatic carbocycles. The van der Waals surface area contributed by atoms with E-state index in [0.717, 1.165) is 11.4 Å². The van der Waals surface area contributed by atoms with Gasteiger partial charge in [-0.25, -0.2) is 19.9 Å². The summed E-state index contributed by atoms with van der Waals surface area (Å²) >= 11 is 0. The first-order chi connectivity index (χ1) is 13.2. The SMILES string of the molecule is Cc1cc(C)nc(NC(=O)c2cn(C)nc2C(=O)Nc2nc(C)cc(C)n2)n1. The monoisotopic (exact) mass is 380 g/mol. The number of nitrogens with one attached hydrogen (secondary N) is 2. The highest BCUT2D eigenvalue weighted by atomic mass is 16.2. The number of carbonyl (C=O) groups excluding carboxylic acids is 2. The summed E-state index contributed by atoms with van der Waals surface area (Å²) < 4.78 is 1.38. The molecule has 2 amide bonds. The smallest absolute Gasteiger partial charge is 0.279 e. The van der Waals surface area contributed by atoms with Gasteiger partial charge >= 0.3 is 0 Å². The van der Waals surface area contributed by atoms with Gasteiger partial charge in [0, 0.05) is 36.0 Å². The zero-order chi connectivity index (χ0) is 20.4. The average Bonchev–Trinajstić information content (AvgIpc) is 2.95. The Morgan fingerprint density at radius 2 is 1.21 bits per heavy atom. The van der Waals surface area contributed by atoms with Gasteiger partial charge in [0.2, 0.25) is 11.9 Å². The second kappa shape index (κ2) is 7.51. The molecule has 0 saturated carbocycles. The normalized spacial score (nSPS) is 10.6. The van der Waals surface area contributed by atoms with Crippen molar-refractivity contribution in [2.75, 3.05) is 10.6 Å². The van der Waals surface area contributed by atoms with E-state index in [1.54, 1.807) is 46.9 Å². The zero-order valence-electron chi connectivity index (χ0n) is 16.2. The van der Waals surface area contributed by atoms with Crippen molar-refractivity contribution in [3.05, 3.63) is 52.4 Å². The lowest BCUT2D eigenvalue weighted by molar-refractivity contribution is 0.0987. The van der Waals surface area contributed by atoms with Crippen LogP contribution in [0.1, 0.15) is 43.6 Å². The third-order valence-electron chi connectivity index (χ3n) is 3.70. The van der Waals surface area contributed by atoms with Gasteiger partial charge in [-0.1, -0.05) is 0 Å². The van der Waals surface area contributed by atoms with Crippen molar-refractivity contribution < 1.29 is 9.59 Å². The molecule has 0 bridgehead atoms. The summed E-state index contributed by atoms with van der Waals surface area (Å²) in [5, 5.41) is 9.28. The molecule has 0 spiro atoms. The number of carbonyl (C=O) groups is 2. The summed E-state index contributed by atoms with van der Waals surface area (Å²) in [6, 6.07) is 3.58. The van der Waals surface area contributed by atoms with E-state index in [1.165, 1.54) is 10.9 Å². The van der Waals surface area contributed by atoms with E-state index in [-0.39, 0.29) is 23.2 Å². The summed E-state index contributed by atoms with van der Waals surface area (Å²) in [5.41, 5.74) is 2.92. The maximum atomic E-state index is 12.7. The molecule has 0 unspecified atom stereocenters. The van der Waals surface area contributed by atoms with E-state index in [2.05, 4.69) is 35.7 Å². The fraction of sp³-hybridized carbons (Fsp3) is 0.278. The van der Waals surface area contributed by atoms with Gasteiger partial charge in [-0.15, -0.1) is 0 Å². The molecule has 10 nitrogen and oxygen atoms in total. The highest BCUT2D eigenvalue weighted by molar-refractivity contribution is 6.13. The van der Waals surface area contributed by atoms with Gasteiger partial charge in [-0.3, -0.25) is 24.9 Å². The number of anilines is 2. The van der Waals surface area contributed by atoms with Gasteiger partial charge in [0.15, 0.2) is 5.69 Å². The Hall–Kier alpha value is -3.69. The van der Waals surface area contributed by atoms with Crippen molar-refractivity contribution in [2.45, 2.75) is 27.7 Å². The van der Waals surface area contributed by atoms with Crippen LogP contribution < -0.4 is 10.6 Å². The first-order valence-electron chi connectivity index (χ1n) is 8.52. The zero-order valence-corrected chi connectivity index (χ0v) is 16.2. The van der Waals surface area contributed by atoms with Crippen LogP contribution >= 0.6 is 0 Å². The molecule has 10 heteroatoms. The van der Waals surface area contributed by atoms with E-state index in [1.807, 2.05) is 0 Å². The minimum atomic E-state index is -0.586. The summed E-state index contributed by atoms with van der Waals surface area (Å²) in [4.78, 5) is 42.0. The van der Waals surface area contributed by atoms with Crippen LogP contribution in [0.4, 0.5) is 11.9 Å². The summed E-state index contributed by atoms with van der Waals surface area (Å²) in [5.74, 6) is -0.811. The molecule has 0 fully saturated rings. The Kier molecular flexibility index (Phi) is 5.12. The number of aryl methyl sites for hydroxylation is 5. The average molecular weight is 380 g/mol. The Morgan fingerprint density at radius 3 is 1.68 bits per heavy atom. The second-order valence-corrected chi connectivity index (χ2v) is 6.42. The maximum absolute atomic E-state index is 12.7. The highest BCUT2D eigenvalue weighted by Gasteiger charge is 2.23. The van der Waals surface area contributed by atoms with E-state index < -0.39 is 11.8 Å². The highest BCUT2D eigenvalue weighted by Crippen LogP contribution is 2.13. The minimum absolute atomic E-state index is 0.0489. The lowest BCUT2D eigenvalue weighted by Gasteiger charge is -2.07. The molecule has 3 aromatic rings. The molecule has 3 rings (SSSR count). The van der Waals surface area contributed by atoms with Gasteiger partial charge < -0.3 is 0 Å². The van der Waals surface area contributed by atoms with Crippen LogP contribution in [0, 0.1) is 27.7 Å². The van der Waals surface area contributed by atoms with Gasteiger partial charge in [-0.05, 0) is 39.8 Å². The number of nitrogens with zero attached hydrogens (tertiary/aromatic N) is 6. The molecule has 0 aliphatic rings. The molecule has 0 atom stereocenters. The van der Waals surface area contributed by atoms with Crippen molar-refractivity contribution in [2.24, 2.45) is 7.05 Å². The molecule has 0 aliphatic heterocycles. The third-order valence-corrected chi connectivity index (χ3v) is 3.70. The van der Waals surface area contributed by atoms with Crippen molar-refractivity contribution in [3.63, 3.8) is 0 Å².